The molecule has 1 fully saturated rings. The van der Waals surface area contributed by atoms with Gasteiger partial charge in [-0.25, -0.2) is 0 Å². The van der Waals surface area contributed by atoms with E-state index in [9.17, 15) is 4.79 Å². The minimum absolute atomic E-state index is 0.128. The number of nitrogens with one attached hydrogen (secondary N) is 1. The first-order chi connectivity index (χ1) is 9.27. The van der Waals surface area contributed by atoms with Crippen LogP contribution in [0.1, 0.15) is 44.1 Å². The molecule has 19 heavy (non-hydrogen) atoms. The van der Waals surface area contributed by atoms with Crippen molar-refractivity contribution >= 4 is 17.5 Å². The van der Waals surface area contributed by atoms with Crippen LogP contribution in [0.4, 0.5) is 0 Å². The molecule has 1 aliphatic rings. The Balaban J connectivity index is 1.99. The van der Waals surface area contributed by atoms with Crippen molar-refractivity contribution in [2.24, 2.45) is 0 Å². The molecule has 0 atom stereocenters. The van der Waals surface area contributed by atoms with Gasteiger partial charge in [0.05, 0.1) is 0 Å². The summed E-state index contributed by atoms with van der Waals surface area (Å²) < 4.78 is 0. The highest BCUT2D eigenvalue weighted by Crippen LogP contribution is 2.40. The fraction of sp³-hybridized carbons (Fsp3) is 0.562. The summed E-state index contributed by atoms with van der Waals surface area (Å²) in [6, 6.07) is 10.6. The largest absolute Gasteiger partial charge is 0.355 e. The van der Waals surface area contributed by atoms with E-state index in [1.54, 1.807) is 0 Å². The van der Waals surface area contributed by atoms with E-state index in [-0.39, 0.29) is 11.3 Å². The van der Waals surface area contributed by atoms with Crippen molar-refractivity contribution < 1.29 is 4.79 Å². The predicted molar refractivity (Wildman–Crippen MR) is 79.6 cm³/mol. The van der Waals surface area contributed by atoms with Gasteiger partial charge in [-0.2, -0.15) is 0 Å². The predicted octanol–water partition coefficient (Wildman–Crippen LogP) is 3.63. The van der Waals surface area contributed by atoms with E-state index < -0.39 is 0 Å². The molecule has 0 unspecified atom stereocenters. The van der Waals surface area contributed by atoms with E-state index in [2.05, 4.69) is 29.6 Å². The number of rotatable bonds is 6. The van der Waals surface area contributed by atoms with Crippen molar-refractivity contribution in [3.8, 4) is 0 Å². The van der Waals surface area contributed by atoms with Crippen molar-refractivity contribution in [2.45, 2.75) is 43.9 Å². The Morgan fingerprint density at radius 2 is 1.89 bits per heavy atom. The van der Waals surface area contributed by atoms with Crippen LogP contribution in [0.25, 0.3) is 0 Å². The van der Waals surface area contributed by atoms with E-state index >= 15 is 0 Å². The van der Waals surface area contributed by atoms with E-state index in [1.165, 1.54) is 31.2 Å². The van der Waals surface area contributed by atoms with Gasteiger partial charge in [-0.15, -0.1) is 11.6 Å². The van der Waals surface area contributed by atoms with Crippen molar-refractivity contribution in [3.63, 3.8) is 0 Å². The number of benzene rings is 1. The summed E-state index contributed by atoms with van der Waals surface area (Å²) in [4.78, 5) is 11.8. The fourth-order valence-electron chi connectivity index (χ4n) is 2.99. The molecule has 0 bridgehead atoms. The molecule has 104 valence electrons. The van der Waals surface area contributed by atoms with Crippen molar-refractivity contribution in [1.29, 1.82) is 0 Å². The molecule has 1 aromatic carbocycles. The second-order valence-corrected chi connectivity index (χ2v) is 5.80. The molecule has 1 saturated carbocycles. The smallest absolute Gasteiger partial charge is 0.220 e. The second kappa shape index (κ2) is 6.95. The highest BCUT2D eigenvalue weighted by molar-refractivity contribution is 6.17. The zero-order valence-electron chi connectivity index (χ0n) is 11.3. The Bertz CT molecular complexity index is 398. The average molecular weight is 280 g/mol. The maximum atomic E-state index is 11.8. The number of halogens is 1. The summed E-state index contributed by atoms with van der Waals surface area (Å²) in [5.74, 6) is 0.680. The van der Waals surface area contributed by atoms with Crippen molar-refractivity contribution in [2.75, 3.05) is 12.4 Å². The summed E-state index contributed by atoms with van der Waals surface area (Å²) in [5.41, 5.74) is 1.52. The third-order valence-corrected chi connectivity index (χ3v) is 4.38. The normalized spacial score (nSPS) is 17.3. The molecule has 0 aromatic heterocycles. The molecule has 1 aliphatic carbocycles. The molecule has 0 aliphatic heterocycles. The first-order valence-electron chi connectivity index (χ1n) is 7.15. The quantitative estimate of drug-likeness (QED) is 0.792. The van der Waals surface area contributed by atoms with Gasteiger partial charge in [-0.1, -0.05) is 43.2 Å². The van der Waals surface area contributed by atoms with Gasteiger partial charge in [0.1, 0.15) is 0 Å². The minimum atomic E-state index is 0.128. The fourth-order valence-corrected chi connectivity index (χ4v) is 3.13. The van der Waals surface area contributed by atoms with Gasteiger partial charge in [-0.3, -0.25) is 4.79 Å². The molecule has 0 radical (unpaired) electrons. The average Bonchev–Trinajstić information content (AvgIpc) is 2.94. The van der Waals surface area contributed by atoms with Crippen LogP contribution in [0.3, 0.4) is 0 Å². The molecule has 0 saturated heterocycles. The summed E-state index contributed by atoms with van der Waals surface area (Å²) in [5, 5.41) is 3.10. The Morgan fingerprint density at radius 3 is 2.53 bits per heavy atom. The number of hydrogen-bond donors (Lipinski definition) is 1. The maximum Gasteiger partial charge on any atom is 0.220 e. The highest BCUT2D eigenvalue weighted by atomic mass is 35.5. The van der Waals surface area contributed by atoms with E-state index in [1.807, 2.05) is 6.07 Å². The standard InChI is InChI=1S/C16H22ClNO/c17-12-6-9-15(19)18-13-16(10-4-5-11-16)14-7-2-1-3-8-14/h1-3,7-8H,4-6,9-13H2,(H,18,19). The first-order valence-corrected chi connectivity index (χ1v) is 7.68. The zero-order chi connectivity index (χ0) is 13.6. The Labute approximate surface area is 120 Å². The highest BCUT2D eigenvalue weighted by Gasteiger charge is 2.35. The van der Waals surface area contributed by atoms with Crippen LogP contribution in [0.2, 0.25) is 0 Å². The van der Waals surface area contributed by atoms with Crippen molar-refractivity contribution in [3.05, 3.63) is 35.9 Å². The van der Waals surface area contributed by atoms with Gasteiger partial charge >= 0.3 is 0 Å². The van der Waals surface area contributed by atoms with Gasteiger partial charge in [-0.05, 0) is 24.8 Å². The van der Waals surface area contributed by atoms with Gasteiger partial charge in [0, 0.05) is 24.3 Å². The summed E-state index contributed by atoms with van der Waals surface area (Å²) in [6.07, 6.45) is 6.15. The Kier molecular flexibility index (Phi) is 5.26. The molecule has 2 nitrogen and oxygen atoms in total. The number of carbonyl (C=O) groups excluding carboxylic acids is 1. The van der Waals surface area contributed by atoms with Crippen LogP contribution < -0.4 is 5.32 Å². The number of amides is 1. The minimum Gasteiger partial charge on any atom is -0.355 e. The third-order valence-electron chi connectivity index (χ3n) is 4.11. The lowest BCUT2D eigenvalue weighted by molar-refractivity contribution is -0.121. The molecular formula is C16H22ClNO. The van der Waals surface area contributed by atoms with Crippen LogP contribution in [-0.4, -0.2) is 18.3 Å². The lowest BCUT2D eigenvalue weighted by atomic mass is 9.79. The topological polar surface area (TPSA) is 29.1 Å². The van der Waals surface area contributed by atoms with E-state index in [0.29, 0.717) is 12.3 Å². The van der Waals surface area contributed by atoms with E-state index in [4.69, 9.17) is 11.6 Å². The Morgan fingerprint density at radius 1 is 1.21 bits per heavy atom. The van der Waals surface area contributed by atoms with Crippen molar-refractivity contribution in [1.82, 2.24) is 5.32 Å². The van der Waals surface area contributed by atoms with E-state index in [0.717, 1.165) is 13.0 Å². The monoisotopic (exact) mass is 279 g/mol. The molecule has 2 rings (SSSR count). The molecule has 1 N–H and O–H groups in total. The van der Waals surface area contributed by atoms with Crippen LogP contribution >= 0.6 is 11.6 Å². The number of alkyl halides is 1. The lowest BCUT2D eigenvalue weighted by Crippen LogP contribution is -2.38. The first kappa shape index (κ1) is 14.4. The number of hydrogen-bond acceptors (Lipinski definition) is 1. The lowest BCUT2D eigenvalue weighted by Gasteiger charge is -2.30. The van der Waals surface area contributed by atoms with Gasteiger partial charge in [0.2, 0.25) is 5.91 Å². The molecule has 1 aromatic rings. The van der Waals surface area contributed by atoms with Crippen LogP contribution in [0.15, 0.2) is 30.3 Å². The summed E-state index contributed by atoms with van der Waals surface area (Å²) in [6.45, 7) is 0.762. The Hall–Kier alpha value is -1.02. The molecule has 3 heteroatoms. The second-order valence-electron chi connectivity index (χ2n) is 5.42. The number of carbonyl (C=O) groups is 1. The van der Waals surface area contributed by atoms with Gasteiger partial charge in [0.25, 0.3) is 0 Å². The zero-order valence-corrected chi connectivity index (χ0v) is 12.1. The third kappa shape index (κ3) is 3.73. The molecule has 0 spiro atoms. The van der Waals surface area contributed by atoms with Crippen LogP contribution in [-0.2, 0) is 10.2 Å². The maximum absolute atomic E-state index is 11.8. The molecule has 0 heterocycles. The summed E-state index contributed by atoms with van der Waals surface area (Å²) >= 11 is 5.62. The molecule has 1 amide bonds. The summed E-state index contributed by atoms with van der Waals surface area (Å²) in [7, 11) is 0. The van der Waals surface area contributed by atoms with Crippen LogP contribution in [0.5, 0.6) is 0 Å². The SMILES string of the molecule is O=C(CCCCl)NCC1(c2ccccc2)CCCC1. The van der Waals surface area contributed by atoms with Gasteiger partial charge < -0.3 is 5.32 Å². The molecular weight excluding hydrogens is 258 g/mol. The van der Waals surface area contributed by atoms with Crippen LogP contribution in [0, 0.1) is 0 Å². The van der Waals surface area contributed by atoms with Gasteiger partial charge in [0.15, 0.2) is 0 Å².